The Morgan fingerprint density at radius 1 is 1.03 bits per heavy atom. The molecule has 0 aliphatic carbocycles. The molecule has 0 radical (unpaired) electrons. The molecule has 1 N–H and O–H groups in total. The average molecular weight is 508 g/mol. The molecule has 0 aliphatic rings. The number of para-hydroxylation sites is 1. The van der Waals surface area contributed by atoms with Crippen LogP contribution in [-0.4, -0.2) is 40.5 Å². The Morgan fingerprint density at radius 2 is 1.84 bits per heavy atom. The molecule has 0 bridgehead atoms. The number of hydrogen-bond donors (Lipinski definition) is 1. The van der Waals surface area contributed by atoms with E-state index in [-0.39, 0.29) is 11.5 Å². The molecule has 0 aliphatic heterocycles. The number of nitrogens with zero attached hydrogens (tertiary/aromatic N) is 6. The van der Waals surface area contributed by atoms with E-state index in [1.807, 2.05) is 61.7 Å². The van der Waals surface area contributed by atoms with Gasteiger partial charge in [-0.2, -0.15) is 5.21 Å². The summed E-state index contributed by atoms with van der Waals surface area (Å²) in [4.78, 5) is 30.8. The molecular formula is C29H29N7O2. The highest BCUT2D eigenvalue weighted by molar-refractivity contribution is 5.98. The second-order valence-electron chi connectivity index (χ2n) is 9.31. The minimum absolute atomic E-state index is 0.0724. The number of rotatable bonds is 9. The number of benzene rings is 2. The van der Waals surface area contributed by atoms with Gasteiger partial charge in [-0.05, 0) is 55.2 Å². The molecule has 3 aromatic heterocycles. The molecule has 0 atom stereocenters. The second kappa shape index (κ2) is 10.8. The number of aromatic amines is 1. The molecule has 0 saturated heterocycles. The minimum Gasteiger partial charge on any atom is -0.294 e. The fraction of sp³-hybridized carbons (Fsp3) is 0.241. The van der Waals surface area contributed by atoms with E-state index in [4.69, 9.17) is 4.98 Å². The van der Waals surface area contributed by atoms with Gasteiger partial charge in [-0.15, -0.1) is 10.2 Å². The van der Waals surface area contributed by atoms with Crippen molar-refractivity contribution in [2.24, 2.45) is 0 Å². The number of carbonyl (C=O) groups is 1. The molecule has 0 unspecified atom stereocenters. The first-order valence-electron chi connectivity index (χ1n) is 12.7. The Kier molecular flexibility index (Phi) is 7.08. The normalized spacial score (nSPS) is 11.1. The predicted octanol–water partition coefficient (Wildman–Crippen LogP) is 4.78. The maximum atomic E-state index is 13.7. The summed E-state index contributed by atoms with van der Waals surface area (Å²) in [5.41, 5.74) is 6.26. The molecule has 0 fully saturated rings. The van der Waals surface area contributed by atoms with Crippen LogP contribution in [0.25, 0.3) is 28.2 Å². The Bertz CT molecular complexity index is 1630. The van der Waals surface area contributed by atoms with Gasteiger partial charge in [0, 0.05) is 34.8 Å². The number of H-pyrrole nitrogens is 1. The fourth-order valence-corrected chi connectivity index (χ4v) is 4.72. The number of unbranched alkanes of at least 4 members (excludes halogenated alkanes) is 1. The molecular weight excluding hydrogens is 478 g/mol. The van der Waals surface area contributed by atoms with Crippen LogP contribution in [0.15, 0.2) is 71.8 Å². The number of Topliss-reactive ketones (excluding diaryl/α,β-unsaturated/α-hetero) is 1. The van der Waals surface area contributed by atoms with Gasteiger partial charge in [-0.1, -0.05) is 55.8 Å². The van der Waals surface area contributed by atoms with E-state index >= 15 is 0 Å². The van der Waals surface area contributed by atoms with E-state index in [0.29, 0.717) is 23.6 Å². The minimum atomic E-state index is -0.179. The van der Waals surface area contributed by atoms with Crippen LogP contribution in [0.1, 0.15) is 54.0 Å². The van der Waals surface area contributed by atoms with Crippen LogP contribution >= 0.6 is 0 Å². The summed E-state index contributed by atoms with van der Waals surface area (Å²) in [6.07, 6.45) is 6.40. The lowest BCUT2D eigenvalue weighted by Gasteiger charge is -2.11. The molecule has 38 heavy (non-hydrogen) atoms. The third-order valence-electron chi connectivity index (χ3n) is 6.68. The standard InChI is InChI=1S/C29H29N7O2/c1-4-5-10-23-18-36(27-19(2)9-8-13-24(27)20(3)37)29(38)35(23)17-22-15-14-21(16-30-22)25-11-6-7-12-26(25)28-31-33-34-32-28/h6-9,11-16,18H,4-5,10,17H2,1-3H3,(H,31,32,33,34). The first-order chi connectivity index (χ1) is 18.5. The van der Waals surface area contributed by atoms with Crippen LogP contribution in [0.4, 0.5) is 0 Å². The molecule has 9 nitrogen and oxygen atoms in total. The Balaban J connectivity index is 1.51. The van der Waals surface area contributed by atoms with Gasteiger partial charge in [-0.25, -0.2) is 4.79 Å². The SMILES string of the molecule is CCCCc1cn(-c2c(C)cccc2C(C)=O)c(=O)n1Cc1ccc(-c2ccccc2-c2nn[nH]n2)cn1. The van der Waals surface area contributed by atoms with Crippen molar-refractivity contribution < 1.29 is 4.79 Å². The zero-order valence-electron chi connectivity index (χ0n) is 21.7. The molecule has 3 heterocycles. The smallest absolute Gasteiger partial charge is 0.294 e. The van der Waals surface area contributed by atoms with Gasteiger partial charge in [0.15, 0.2) is 5.78 Å². The number of nitrogens with one attached hydrogen (secondary N) is 1. The third kappa shape index (κ3) is 4.82. The highest BCUT2D eigenvalue weighted by Gasteiger charge is 2.19. The zero-order valence-corrected chi connectivity index (χ0v) is 21.7. The summed E-state index contributed by atoms with van der Waals surface area (Å²) in [5, 5.41) is 14.4. The van der Waals surface area contributed by atoms with Gasteiger partial charge in [0.05, 0.1) is 17.9 Å². The number of aryl methyl sites for hydroxylation is 2. The van der Waals surface area contributed by atoms with Crippen LogP contribution in [-0.2, 0) is 13.0 Å². The van der Waals surface area contributed by atoms with Crippen molar-refractivity contribution in [1.82, 2.24) is 34.7 Å². The van der Waals surface area contributed by atoms with E-state index in [1.54, 1.807) is 21.4 Å². The highest BCUT2D eigenvalue weighted by Crippen LogP contribution is 2.29. The zero-order chi connectivity index (χ0) is 26.6. The Labute approximate surface area is 220 Å². The fourth-order valence-electron chi connectivity index (χ4n) is 4.72. The van der Waals surface area contributed by atoms with Crippen LogP contribution in [0.5, 0.6) is 0 Å². The number of pyridine rings is 1. The Morgan fingerprint density at radius 3 is 2.53 bits per heavy atom. The lowest BCUT2D eigenvalue weighted by Crippen LogP contribution is -2.26. The van der Waals surface area contributed by atoms with Crippen molar-refractivity contribution in [1.29, 1.82) is 0 Å². The molecule has 0 spiro atoms. The molecule has 0 saturated carbocycles. The van der Waals surface area contributed by atoms with E-state index in [0.717, 1.165) is 52.9 Å². The molecule has 192 valence electrons. The van der Waals surface area contributed by atoms with Gasteiger partial charge < -0.3 is 0 Å². The third-order valence-corrected chi connectivity index (χ3v) is 6.68. The number of carbonyl (C=O) groups excluding carboxylic acids is 1. The summed E-state index contributed by atoms with van der Waals surface area (Å²) in [7, 11) is 0. The summed E-state index contributed by atoms with van der Waals surface area (Å²) in [5.74, 6) is 0.441. The van der Waals surface area contributed by atoms with E-state index in [9.17, 15) is 9.59 Å². The van der Waals surface area contributed by atoms with E-state index < -0.39 is 0 Å². The van der Waals surface area contributed by atoms with Gasteiger partial charge in [0.2, 0.25) is 5.82 Å². The molecule has 5 rings (SSSR count). The first-order valence-corrected chi connectivity index (χ1v) is 12.7. The lowest BCUT2D eigenvalue weighted by atomic mass is 10.0. The molecule has 5 aromatic rings. The largest absolute Gasteiger partial charge is 0.333 e. The van der Waals surface area contributed by atoms with Crippen LogP contribution in [0.2, 0.25) is 0 Å². The summed E-state index contributed by atoms with van der Waals surface area (Å²) in [6.45, 7) is 5.91. The van der Waals surface area contributed by atoms with Crippen molar-refractivity contribution in [2.45, 2.75) is 46.6 Å². The van der Waals surface area contributed by atoms with E-state index in [1.165, 1.54) is 6.92 Å². The van der Waals surface area contributed by atoms with Crippen LogP contribution in [0.3, 0.4) is 0 Å². The summed E-state index contributed by atoms with van der Waals surface area (Å²) >= 11 is 0. The van der Waals surface area contributed by atoms with Crippen molar-refractivity contribution in [3.05, 3.63) is 100.0 Å². The quantitative estimate of drug-likeness (QED) is 0.287. The van der Waals surface area contributed by atoms with Crippen molar-refractivity contribution >= 4 is 5.78 Å². The number of ketones is 1. The van der Waals surface area contributed by atoms with E-state index in [2.05, 4.69) is 27.5 Å². The molecule has 2 aromatic carbocycles. The average Bonchev–Trinajstić information content (AvgIpc) is 3.57. The molecule has 0 amide bonds. The maximum Gasteiger partial charge on any atom is 0.333 e. The van der Waals surface area contributed by atoms with Crippen molar-refractivity contribution in [3.63, 3.8) is 0 Å². The first kappa shape index (κ1) is 25.0. The maximum absolute atomic E-state index is 13.7. The lowest BCUT2D eigenvalue weighted by molar-refractivity contribution is 0.101. The van der Waals surface area contributed by atoms with Crippen LogP contribution in [0, 0.1) is 6.92 Å². The number of imidazole rings is 1. The van der Waals surface area contributed by atoms with Gasteiger partial charge >= 0.3 is 5.69 Å². The number of aromatic nitrogens is 7. The number of tetrazole rings is 1. The summed E-state index contributed by atoms with van der Waals surface area (Å²) < 4.78 is 3.38. The van der Waals surface area contributed by atoms with Crippen LogP contribution < -0.4 is 5.69 Å². The van der Waals surface area contributed by atoms with Gasteiger partial charge in [-0.3, -0.25) is 18.9 Å². The Hall–Kier alpha value is -4.66. The van der Waals surface area contributed by atoms with Crippen molar-refractivity contribution in [3.8, 4) is 28.2 Å². The monoisotopic (exact) mass is 507 g/mol. The molecule has 9 heteroatoms. The number of hydrogen-bond acceptors (Lipinski definition) is 6. The second-order valence-corrected chi connectivity index (χ2v) is 9.31. The van der Waals surface area contributed by atoms with Crippen molar-refractivity contribution in [2.75, 3.05) is 0 Å². The van der Waals surface area contributed by atoms with Gasteiger partial charge in [0.25, 0.3) is 0 Å². The topological polar surface area (TPSA) is 111 Å². The summed E-state index contributed by atoms with van der Waals surface area (Å²) in [6, 6.07) is 17.3. The van der Waals surface area contributed by atoms with Gasteiger partial charge in [0.1, 0.15) is 0 Å². The highest BCUT2D eigenvalue weighted by atomic mass is 16.2. The predicted molar refractivity (Wildman–Crippen MR) is 145 cm³/mol.